The Hall–Kier alpha value is -1.30. The summed E-state index contributed by atoms with van der Waals surface area (Å²) < 4.78 is 1.93. The van der Waals surface area contributed by atoms with Crippen LogP contribution in [0.5, 0.6) is 0 Å². The highest BCUT2D eigenvalue weighted by molar-refractivity contribution is 8.00. The molecule has 2 atom stereocenters. The lowest BCUT2D eigenvalue weighted by molar-refractivity contribution is 0.471. The van der Waals surface area contributed by atoms with Gasteiger partial charge < -0.3 is 0 Å². The van der Waals surface area contributed by atoms with Crippen LogP contribution in [-0.2, 0) is 19.9 Å². The second-order valence-electron chi connectivity index (χ2n) is 5.23. The zero-order valence-corrected chi connectivity index (χ0v) is 12.4. The number of fused-ring (bicyclic) bond motifs is 1. The largest absolute Gasteiger partial charge is 0.273 e. The van der Waals surface area contributed by atoms with Crippen molar-refractivity contribution in [3.05, 3.63) is 47.8 Å². The minimum absolute atomic E-state index is 0.322. The SMILES string of the molecule is Cn1nccc1CCC(NN)C1Cc2ccccc2S1. The van der Waals surface area contributed by atoms with Gasteiger partial charge in [-0.3, -0.25) is 16.0 Å². The normalized spacial score (nSPS) is 19.0. The molecule has 3 N–H and O–H groups in total. The van der Waals surface area contributed by atoms with Crippen LogP contribution >= 0.6 is 11.8 Å². The van der Waals surface area contributed by atoms with Crippen LogP contribution in [0.3, 0.4) is 0 Å². The Morgan fingerprint density at radius 2 is 2.30 bits per heavy atom. The van der Waals surface area contributed by atoms with Crippen molar-refractivity contribution in [1.82, 2.24) is 15.2 Å². The van der Waals surface area contributed by atoms with Crippen molar-refractivity contribution in [2.75, 3.05) is 0 Å². The van der Waals surface area contributed by atoms with Gasteiger partial charge in [0.25, 0.3) is 0 Å². The molecule has 0 spiro atoms. The molecule has 1 aliphatic heterocycles. The van der Waals surface area contributed by atoms with E-state index in [0.29, 0.717) is 11.3 Å². The fourth-order valence-corrected chi connectivity index (χ4v) is 4.19. The number of hydrazine groups is 1. The molecule has 0 aliphatic carbocycles. The van der Waals surface area contributed by atoms with Crippen LogP contribution in [0.15, 0.2) is 41.4 Å². The molecular formula is C15H20N4S. The van der Waals surface area contributed by atoms with Gasteiger partial charge in [0.2, 0.25) is 0 Å². The Balaban J connectivity index is 1.62. The van der Waals surface area contributed by atoms with Crippen molar-refractivity contribution >= 4 is 11.8 Å². The van der Waals surface area contributed by atoms with E-state index in [4.69, 9.17) is 5.84 Å². The number of nitrogens with zero attached hydrogens (tertiary/aromatic N) is 2. The highest BCUT2D eigenvalue weighted by Crippen LogP contribution is 2.38. The fraction of sp³-hybridized carbons (Fsp3) is 0.400. The van der Waals surface area contributed by atoms with Crippen LogP contribution in [0.25, 0.3) is 0 Å². The topological polar surface area (TPSA) is 55.9 Å². The number of benzene rings is 1. The Morgan fingerprint density at radius 3 is 3.00 bits per heavy atom. The number of hydrogen-bond acceptors (Lipinski definition) is 4. The summed E-state index contributed by atoms with van der Waals surface area (Å²) >= 11 is 1.95. The number of aromatic nitrogens is 2. The zero-order valence-electron chi connectivity index (χ0n) is 11.6. The van der Waals surface area contributed by atoms with Gasteiger partial charge in [-0.2, -0.15) is 5.10 Å². The minimum Gasteiger partial charge on any atom is -0.273 e. The summed E-state index contributed by atoms with van der Waals surface area (Å²) in [5, 5.41) is 4.73. The summed E-state index contributed by atoms with van der Waals surface area (Å²) in [6.07, 6.45) is 4.97. The van der Waals surface area contributed by atoms with Gasteiger partial charge in [-0.15, -0.1) is 11.8 Å². The summed E-state index contributed by atoms with van der Waals surface area (Å²) in [7, 11) is 1.99. The number of thioether (sulfide) groups is 1. The van der Waals surface area contributed by atoms with E-state index in [-0.39, 0.29) is 0 Å². The van der Waals surface area contributed by atoms with Crippen LogP contribution in [0, 0.1) is 0 Å². The number of nitrogens with two attached hydrogens (primary N) is 1. The molecule has 3 rings (SSSR count). The number of aryl methyl sites for hydroxylation is 2. The molecular weight excluding hydrogens is 268 g/mol. The lowest BCUT2D eigenvalue weighted by Crippen LogP contribution is -2.42. The van der Waals surface area contributed by atoms with Crippen molar-refractivity contribution in [3.63, 3.8) is 0 Å². The van der Waals surface area contributed by atoms with E-state index in [1.807, 2.05) is 29.7 Å². The molecule has 0 bridgehead atoms. The highest BCUT2D eigenvalue weighted by atomic mass is 32.2. The highest BCUT2D eigenvalue weighted by Gasteiger charge is 2.28. The van der Waals surface area contributed by atoms with Crippen molar-refractivity contribution < 1.29 is 0 Å². The van der Waals surface area contributed by atoms with Crippen LogP contribution in [0.2, 0.25) is 0 Å². The van der Waals surface area contributed by atoms with Gasteiger partial charge in [0.05, 0.1) is 0 Å². The smallest absolute Gasteiger partial charge is 0.0492 e. The summed E-state index contributed by atoms with van der Waals surface area (Å²) in [5.41, 5.74) is 5.71. The number of rotatable bonds is 5. The maximum atomic E-state index is 5.78. The van der Waals surface area contributed by atoms with E-state index in [9.17, 15) is 0 Å². The summed E-state index contributed by atoms with van der Waals surface area (Å²) in [6.45, 7) is 0. The summed E-state index contributed by atoms with van der Waals surface area (Å²) in [6, 6.07) is 11.0. The first-order valence-electron chi connectivity index (χ1n) is 6.95. The maximum Gasteiger partial charge on any atom is 0.0492 e. The molecule has 0 saturated heterocycles. The molecule has 0 amide bonds. The molecule has 0 saturated carbocycles. The molecule has 4 nitrogen and oxygen atoms in total. The maximum absolute atomic E-state index is 5.78. The predicted molar refractivity (Wildman–Crippen MR) is 82.4 cm³/mol. The second kappa shape index (κ2) is 5.99. The van der Waals surface area contributed by atoms with Crippen LogP contribution in [-0.4, -0.2) is 21.1 Å². The Kier molecular flexibility index (Phi) is 4.10. The Bertz CT molecular complexity index is 556. The quantitative estimate of drug-likeness (QED) is 0.652. The Morgan fingerprint density at radius 1 is 1.45 bits per heavy atom. The third-order valence-electron chi connectivity index (χ3n) is 3.97. The molecule has 0 radical (unpaired) electrons. The van der Waals surface area contributed by atoms with Gasteiger partial charge in [0, 0.05) is 35.1 Å². The average molecular weight is 288 g/mol. The van der Waals surface area contributed by atoms with Gasteiger partial charge in [-0.05, 0) is 37.0 Å². The molecule has 20 heavy (non-hydrogen) atoms. The zero-order chi connectivity index (χ0) is 13.9. The van der Waals surface area contributed by atoms with Crippen molar-refractivity contribution in [2.24, 2.45) is 12.9 Å². The number of nitrogens with one attached hydrogen (secondary N) is 1. The van der Waals surface area contributed by atoms with Crippen molar-refractivity contribution in [1.29, 1.82) is 0 Å². The molecule has 5 heteroatoms. The van der Waals surface area contributed by atoms with Gasteiger partial charge in [0.15, 0.2) is 0 Å². The molecule has 106 valence electrons. The standard InChI is InChI=1S/C15H20N4S/c1-19-12(8-9-17-19)6-7-13(18-16)15-10-11-4-2-3-5-14(11)20-15/h2-5,8-9,13,15,18H,6-7,10,16H2,1H3. The third-order valence-corrected chi connectivity index (χ3v) is 5.42. The lowest BCUT2D eigenvalue weighted by atomic mass is 10.0. The van der Waals surface area contributed by atoms with Crippen molar-refractivity contribution in [3.8, 4) is 0 Å². The van der Waals surface area contributed by atoms with E-state index in [0.717, 1.165) is 19.3 Å². The molecule has 0 fully saturated rings. The van der Waals surface area contributed by atoms with Crippen LogP contribution < -0.4 is 11.3 Å². The van der Waals surface area contributed by atoms with Crippen LogP contribution in [0.1, 0.15) is 17.7 Å². The van der Waals surface area contributed by atoms with Gasteiger partial charge in [-0.25, -0.2) is 0 Å². The molecule has 1 aromatic carbocycles. The van der Waals surface area contributed by atoms with E-state index in [1.165, 1.54) is 16.2 Å². The minimum atomic E-state index is 0.322. The van der Waals surface area contributed by atoms with Gasteiger partial charge in [0.1, 0.15) is 0 Å². The van der Waals surface area contributed by atoms with E-state index < -0.39 is 0 Å². The first-order chi connectivity index (χ1) is 9.78. The van der Waals surface area contributed by atoms with Gasteiger partial charge in [-0.1, -0.05) is 18.2 Å². The van der Waals surface area contributed by atoms with E-state index in [2.05, 4.69) is 40.9 Å². The molecule has 2 aromatic rings. The lowest BCUT2D eigenvalue weighted by Gasteiger charge is -2.21. The predicted octanol–water partition coefficient (Wildman–Crippen LogP) is 1.90. The first-order valence-corrected chi connectivity index (χ1v) is 7.83. The van der Waals surface area contributed by atoms with Crippen LogP contribution in [0.4, 0.5) is 0 Å². The van der Waals surface area contributed by atoms with Crippen molar-refractivity contribution in [2.45, 2.75) is 35.4 Å². The van der Waals surface area contributed by atoms with Gasteiger partial charge >= 0.3 is 0 Å². The average Bonchev–Trinajstić information content (AvgIpc) is 3.06. The third kappa shape index (κ3) is 2.75. The summed E-state index contributed by atoms with van der Waals surface area (Å²) in [4.78, 5) is 1.40. The Labute approximate surface area is 123 Å². The monoisotopic (exact) mass is 288 g/mol. The molecule has 2 unspecified atom stereocenters. The second-order valence-corrected chi connectivity index (χ2v) is 6.51. The first kappa shape index (κ1) is 13.7. The molecule has 2 heterocycles. The van der Waals surface area contributed by atoms with E-state index >= 15 is 0 Å². The number of hydrogen-bond donors (Lipinski definition) is 2. The fourth-order valence-electron chi connectivity index (χ4n) is 2.76. The van der Waals surface area contributed by atoms with E-state index in [1.54, 1.807) is 0 Å². The summed E-state index contributed by atoms with van der Waals surface area (Å²) in [5.74, 6) is 5.78. The molecule has 1 aliphatic rings. The molecule has 1 aromatic heterocycles.